The van der Waals surface area contributed by atoms with Crippen LogP contribution in [0.2, 0.25) is 0 Å². The fraction of sp³-hybridized carbons (Fsp3) is 0.600. The minimum Gasteiger partial charge on any atom is -0.490 e. The Labute approximate surface area is 185 Å². The Morgan fingerprint density at radius 1 is 1.21 bits per heavy atom. The number of hydrogen-bond acceptors (Lipinski definition) is 4. The number of methoxy groups -OCH3 is 1. The van der Waals surface area contributed by atoms with E-state index in [1.54, 1.807) is 14.2 Å². The van der Waals surface area contributed by atoms with Crippen molar-refractivity contribution in [2.24, 2.45) is 4.99 Å². The predicted molar refractivity (Wildman–Crippen MR) is 123 cm³/mol. The largest absolute Gasteiger partial charge is 0.490 e. The van der Waals surface area contributed by atoms with Crippen molar-refractivity contribution in [2.75, 3.05) is 33.9 Å². The molecule has 158 valence electrons. The standard InChI is InChI=1S/C20H32N4O3.HI/c1-15-8-9-16(18(12-15)27-17-6-4-5-7-17)13-23-20(21-2)24-14-19(25)22-10-11-26-3;/h8-9,12,17H,4-7,10-11,13-14H2,1-3H3,(H,22,25)(H2,21,23,24);1H. The molecule has 3 N–H and O–H groups in total. The normalized spacial score (nSPS) is 14.3. The zero-order chi connectivity index (χ0) is 19.5. The molecule has 1 aromatic rings. The molecule has 2 rings (SSSR count). The number of rotatable bonds is 9. The zero-order valence-corrected chi connectivity index (χ0v) is 19.4. The lowest BCUT2D eigenvalue weighted by molar-refractivity contribution is -0.120. The Hall–Kier alpha value is -1.55. The molecule has 8 heteroatoms. The lowest BCUT2D eigenvalue weighted by Gasteiger charge is -2.18. The van der Waals surface area contributed by atoms with E-state index in [4.69, 9.17) is 9.47 Å². The lowest BCUT2D eigenvalue weighted by atomic mass is 10.1. The summed E-state index contributed by atoms with van der Waals surface area (Å²) in [5.41, 5.74) is 2.27. The van der Waals surface area contributed by atoms with Gasteiger partial charge < -0.3 is 25.4 Å². The van der Waals surface area contributed by atoms with Gasteiger partial charge in [-0.25, -0.2) is 0 Å². The summed E-state index contributed by atoms with van der Waals surface area (Å²) in [7, 11) is 3.29. The first-order valence-electron chi connectivity index (χ1n) is 9.58. The first kappa shape index (κ1) is 24.5. The van der Waals surface area contributed by atoms with Crippen molar-refractivity contribution in [1.29, 1.82) is 0 Å². The molecular formula is C20H33IN4O3. The molecular weight excluding hydrogens is 471 g/mol. The van der Waals surface area contributed by atoms with Crippen molar-refractivity contribution in [2.45, 2.75) is 45.3 Å². The van der Waals surface area contributed by atoms with E-state index in [2.05, 4.69) is 46.1 Å². The van der Waals surface area contributed by atoms with Gasteiger partial charge in [0.1, 0.15) is 5.75 Å². The molecule has 1 aromatic carbocycles. The highest BCUT2D eigenvalue weighted by atomic mass is 127. The average molecular weight is 504 g/mol. The minimum atomic E-state index is -0.101. The van der Waals surface area contributed by atoms with Crippen LogP contribution >= 0.6 is 24.0 Å². The average Bonchev–Trinajstić information content (AvgIpc) is 3.16. The molecule has 1 aliphatic carbocycles. The topological polar surface area (TPSA) is 84.0 Å². The second kappa shape index (κ2) is 13.6. The van der Waals surface area contributed by atoms with Crippen LogP contribution in [0.3, 0.4) is 0 Å². The summed E-state index contributed by atoms with van der Waals surface area (Å²) in [6, 6.07) is 6.25. The molecule has 0 aromatic heterocycles. The molecule has 0 spiro atoms. The summed E-state index contributed by atoms with van der Waals surface area (Å²) in [6.45, 7) is 3.79. The van der Waals surface area contributed by atoms with E-state index in [9.17, 15) is 4.79 Å². The van der Waals surface area contributed by atoms with Gasteiger partial charge in [-0.1, -0.05) is 12.1 Å². The molecule has 1 aliphatic rings. The second-order valence-electron chi connectivity index (χ2n) is 6.76. The van der Waals surface area contributed by atoms with Gasteiger partial charge in [0.05, 0.1) is 19.3 Å². The Morgan fingerprint density at radius 2 is 1.96 bits per heavy atom. The molecule has 0 atom stereocenters. The lowest BCUT2D eigenvalue weighted by Crippen LogP contribution is -2.43. The number of nitrogens with zero attached hydrogens (tertiary/aromatic N) is 1. The van der Waals surface area contributed by atoms with Crippen molar-refractivity contribution in [3.8, 4) is 5.75 Å². The maximum Gasteiger partial charge on any atom is 0.239 e. The molecule has 0 heterocycles. The molecule has 0 aliphatic heterocycles. The highest BCUT2D eigenvalue weighted by molar-refractivity contribution is 14.0. The number of hydrogen-bond donors (Lipinski definition) is 3. The molecule has 0 bridgehead atoms. The SMILES string of the molecule is CN=C(NCC(=O)NCCOC)NCc1ccc(C)cc1OC1CCCC1.I. The summed E-state index contributed by atoms with van der Waals surface area (Å²) in [5, 5.41) is 9.03. The molecule has 28 heavy (non-hydrogen) atoms. The first-order valence-corrected chi connectivity index (χ1v) is 9.58. The quantitative estimate of drug-likeness (QED) is 0.208. The number of aliphatic imine (C=N–C) groups is 1. The molecule has 1 amide bonds. The molecule has 1 fully saturated rings. The molecule has 0 radical (unpaired) electrons. The van der Waals surface area contributed by atoms with E-state index in [1.807, 2.05) is 0 Å². The van der Waals surface area contributed by atoms with E-state index in [0.29, 0.717) is 31.8 Å². The van der Waals surface area contributed by atoms with Crippen LogP contribution in [-0.4, -0.2) is 51.8 Å². The van der Waals surface area contributed by atoms with Gasteiger partial charge >= 0.3 is 0 Å². The van der Waals surface area contributed by atoms with Crippen LogP contribution < -0.4 is 20.7 Å². The Bertz CT molecular complexity index is 634. The van der Waals surface area contributed by atoms with Crippen molar-refractivity contribution in [3.63, 3.8) is 0 Å². The number of nitrogens with one attached hydrogen (secondary N) is 3. The monoisotopic (exact) mass is 504 g/mol. The van der Waals surface area contributed by atoms with Gasteiger partial charge in [-0.05, 0) is 44.2 Å². The van der Waals surface area contributed by atoms with Gasteiger partial charge in [0, 0.05) is 32.8 Å². The van der Waals surface area contributed by atoms with Crippen molar-refractivity contribution < 1.29 is 14.3 Å². The third kappa shape index (κ3) is 8.64. The summed E-state index contributed by atoms with van der Waals surface area (Å²) in [4.78, 5) is 15.9. The van der Waals surface area contributed by atoms with Crippen LogP contribution in [0.25, 0.3) is 0 Å². The molecule has 0 saturated heterocycles. The van der Waals surface area contributed by atoms with Gasteiger partial charge in [0.2, 0.25) is 5.91 Å². The molecule has 0 unspecified atom stereocenters. The molecule has 1 saturated carbocycles. The Morgan fingerprint density at radius 3 is 2.64 bits per heavy atom. The van der Waals surface area contributed by atoms with Crippen LogP contribution in [-0.2, 0) is 16.1 Å². The van der Waals surface area contributed by atoms with Crippen molar-refractivity contribution >= 4 is 35.8 Å². The number of benzene rings is 1. The highest BCUT2D eigenvalue weighted by Crippen LogP contribution is 2.27. The number of carbonyl (C=O) groups excluding carboxylic acids is 1. The van der Waals surface area contributed by atoms with Crippen LogP contribution in [0, 0.1) is 6.92 Å². The highest BCUT2D eigenvalue weighted by Gasteiger charge is 2.18. The third-order valence-corrected chi connectivity index (χ3v) is 4.53. The number of guanidine groups is 1. The summed E-state index contributed by atoms with van der Waals surface area (Å²) in [6.07, 6.45) is 5.06. The third-order valence-electron chi connectivity index (χ3n) is 4.53. The van der Waals surface area contributed by atoms with Gasteiger partial charge in [-0.2, -0.15) is 0 Å². The van der Waals surface area contributed by atoms with E-state index in [0.717, 1.165) is 24.2 Å². The number of ether oxygens (including phenoxy) is 2. The van der Waals surface area contributed by atoms with Crippen molar-refractivity contribution in [1.82, 2.24) is 16.0 Å². The first-order chi connectivity index (χ1) is 13.1. The Balaban J connectivity index is 0.00000392. The fourth-order valence-corrected chi connectivity index (χ4v) is 3.02. The van der Waals surface area contributed by atoms with E-state index in [-0.39, 0.29) is 36.4 Å². The number of amides is 1. The number of halogens is 1. The predicted octanol–water partition coefficient (Wildman–Crippen LogP) is 2.36. The summed E-state index contributed by atoms with van der Waals surface area (Å²) < 4.78 is 11.1. The van der Waals surface area contributed by atoms with Gasteiger partial charge in [-0.15, -0.1) is 24.0 Å². The molecule has 7 nitrogen and oxygen atoms in total. The van der Waals surface area contributed by atoms with Crippen molar-refractivity contribution in [3.05, 3.63) is 29.3 Å². The minimum absolute atomic E-state index is 0. The zero-order valence-electron chi connectivity index (χ0n) is 17.0. The Kier molecular flexibility index (Phi) is 11.9. The van der Waals surface area contributed by atoms with E-state index < -0.39 is 0 Å². The van der Waals surface area contributed by atoms with E-state index in [1.165, 1.54) is 18.4 Å². The summed E-state index contributed by atoms with van der Waals surface area (Å²) in [5.74, 6) is 1.40. The van der Waals surface area contributed by atoms with Crippen LogP contribution in [0.15, 0.2) is 23.2 Å². The van der Waals surface area contributed by atoms with Gasteiger partial charge in [0.15, 0.2) is 5.96 Å². The smallest absolute Gasteiger partial charge is 0.239 e. The number of carbonyl (C=O) groups is 1. The fourth-order valence-electron chi connectivity index (χ4n) is 3.02. The number of aryl methyl sites for hydroxylation is 1. The maximum absolute atomic E-state index is 11.8. The van der Waals surface area contributed by atoms with Gasteiger partial charge in [0.25, 0.3) is 0 Å². The van der Waals surface area contributed by atoms with Crippen LogP contribution in [0.4, 0.5) is 0 Å². The summed E-state index contributed by atoms with van der Waals surface area (Å²) >= 11 is 0. The van der Waals surface area contributed by atoms with Crippen LogP contribution in [0.5, 0.6) is 5.75 Å². The maximum atomic E-state index is 11.8. The van der Waals surface area contributed by atoms with Gasteiger partial charge in [-0.3, -0.25) is 9.79 Å². The van der Waals surface area contributed by atoms with E-state index >= 15 is 0 Å². The van der Waals surface area contributed by atoms with Crippen LogP contribution in [0.1, 0.15) is 36.8 Å². The second-order valence-corrected chi connectivity index (χ2v) is 6.76.